The van der Waals surface area contributed by atoms with E-state index in [2.05, 4.69) is 15.9 Å². The molecule has 3 saturated carbocycles. The van der Waals surface area contributed by atoms with Gasteiger partial charge in [-0.1, -0.05) is 52.7 Å². The molecular weight excluding hydrogens is 547 g/mol. The Bertz CT molecular complexity index is 1220. The number of esters is 1. The number of Topliss-reactive ketones (excluding diaryl/α,β-unsaturated/α-hetero) is 1. The summed E-state index contributed by atoms with van der Waals surface area (Å²) >= 11 is 3.61. The van der Waals surface area contributed by atoms with Gasteiger partial charge in [-0.25, -0.2) is 9.18 Å². The fourth-order valence-electron chi connectivity index (χ4n) is 7.79. The van der Waals surface area contributed by atoms with Gasteiger partial charge in [-0.2, -0.15) is 0 Å². The highest BCUT2D eigenvalue weighted by Gasteiger charge is 2.79. The second-order valence-corrected chi connectivity index (χ2v) is 12.4. The van der Waals surface area contributed by atoms with Crippen LogP contribution in [0.4, 0.5) is 4.39 Å². The topological polar surface area (TPSA) is 121 Å². The molecule has 0 aliphatic heterocycles. The van der Waals surface area contributed by atoms with E-state index < -0.39 is 69.3 Å². The molecule has 0 aromatic heterocycles. The van der Waals surface area contributed by atoms with Crippen molar-refractivity contribution in [2.75, 3.05) is 6.61 Å². The molecule has 5 rings (SSSR count). The molecule has 4 aliphatic rings. The Balaban J connectivity index is 1.64. The largest absolute Gasteiger partial charge is 0.444 e. The number of hydrogen-bond acceptors (Lipinski definition) is 7. The Labute approximate surface area is 222 Å². The van der Waals surface area contributed by atoms with Crippen molar-refractivity contribution in [2.45, 2.75) is 61.4 Å². The monoisotopic (exact) mass is 576 g/mol. The molecule has 9 heteroatoms. The van der Waals surface area contributed by atoms with Gasteiger partial charge in [0.2, 0.25) is 11.4 Å². The highest BCUT2D eigenvalue weighted by molar-refractivity contribution is 9.09. The molecule has 198 valence electrons. The van der Waals surface area contributed by atoms with Crippen molar-refractivity contribution in [1.82, 2.24) is 0 Å². The number of ether oxygens (including phenoxy) is 1. The van der Waals surface area contributed by atoms with Crippen molar-refractivity contribution in [3.63, 3.8) is 0 Å². The molecule has 1 aromatic rings. The first-order chi connectivity index (χ1) is 17.4. The summed E-state index contributed by atoms with van der Waals surface area (Å²) in [7, 11) is 0. The Morgan fingerprint density at radius 1 is 1.16 bits per heavy atom. The van der Waals surface area contributed by atoms with Gasteiger partial charge in [0.25, 0.3) is 0 Å². The molecular formula is C28H30BrFO7. The number of aliphatic hydroxyl groups is 3. The smallest absolute Gasteiger partial charge is 0.339 e. The highest BCUT2D eigenvalue weighted by atomic mass is 79.9. The summed E-state index contributed by atoms with van der Waals surface area (Å²) in [5.41, 5.74) is -6.39. The maximum absolute atomic E-state index is 17.5. The summed E-state index contributed by atoms with van der Waals surface area (Å²) in [4.78, 5) is 38.1. The molecule has 0 amide bonds. The molecule has 9 atom stereocenters. The first kappa shape index (κ1) is 26.4. The van der Waals surface area contributed by atoms with Crippen LogP contribution in [0.2, 0.25) is 0 Å². The van der Waals surface area contributed by atoms with Gasteiger partial charge in [0.05, 0.1) is 11.7 Å². The van der Waals surface area contributed by atoms with Crippen molar-refractivity contribution in [2.24, 2.45) is 22.7 Å². The minimum atomic E-state index is -2.24. The molecule has 0 heterocycles. The van der Waals surface area contributed by atoms with E-state index >= 15 is 4.39 Å². The van der Waals surface area contributed by atoms with Gasteiger partial charge in [-0.05, 0) is 56.4 Å². The lowest BCUT2D eigenvalue weighted by molar-refractivity contribution is -0.220. The van der Waals surface area contributed by atoms with Crippen LogP contribution in [0, 0.1) is 22.7 Å². The van der Waals surface area contributed by atoms with E-state index in [0.29, 0.717) is 12.0 Å². The summed E-state index contributed by atoms with van der Waals surface area (Å²) in [5, 5.41) is 32.9. The summed E-state index contributed by atoms with van der Waals surface area (Å²) in [6.45, 7) is 2.28. The molecule has 0 spiro atoms. The number of allylic oxidation sites excluding steroid dienone is 4. The van der Waals surface area contributed by atoms with E-state index in [1.165, 1.54) is 30.4 Å². The first-order valence-electron chi connectivity index (χ1n) is 12.4. The number of fused-ring (bicyclic) bond motifs is 5. The van der Waals surface area contributed by atoms with Crippen LogP contribution >= 0.6 is 15.9 Å². The minimum absolute atomic E-state index is 0.0762. The number of ketones is 2. The predicted molar refractivity (Wildman–Crippen MR) is 135 cm³/mol. The van der Waals surface area contributed by atoms with Crippen LogP contribution in [0.25, 0.3) is 0 Å². The van der Waals surface area contributed by atoms with E-state index in [1.807, 2.05) is 0 Å². The Morgan fingerprint density at radius 2 is 1.84 bits per heavy atom. The van der Waals surface area contributed by atoms with Crippen LogP contribution in [0.3, 0.4) is 0 Å². The zero-order valence-corrected chi connectivity index (χ0v) is 22.2. The third-order valence-corrected chi connectivity index (χ3v) is 10.5. The molecule has 0 bridgehead atoms. The molecule has 37 heavy (non-hydrogen) atoms. The van der Waals surface area contributed by atoms with Crippen LogP contribution in [-0.2, 0) is 14.3 Å². The van der Waals surface area contributed by atoms with Gasteiger partial charge in [0.15, 0.2) is 11.5 Å². The fourth-order valence-corrected chi connectivity index (χ4v) is 8.89. The number of rotatable bonds is 4. The van der Waals surface area contributed by atoms with Crippen LogP contribution in [-0.4, -0.2) is 67.8 Å². The maximum Gasteiger partial charge on any atom is 0.339 e. The summed E-state index contributed by atoms with van der Waals surface area (Å²) < 4.78 is 23.3. The molecule has 3 N–H and O–H groups in total. The van der Waals surface area contributed by atoms with Gasteiger partial charge in [-0.3, -0.25) is 9.59 Å². The number of alkyl halides is 2. The first-order valence-corrected chi connectivity index (χ1v) is 13.3. The Hall–Kier alpha value is -2.20. The number of benzene rings is 1. The number of aliphatic hydroxyl groups excluding tert-OH is 3. The molecule has 4 aliphatic carbocycles. The molecule has 7 nitrogen and oxygen atoms in total. The zero-order valence-electron chi connectivity index (χ0n) is 20.6. The summed E-state index contributed by atoms with van der Waals surface area (Å²) in [6.07, 6.45) is 1.01. The summed E-state index contributed by atoms with van der Waals surface area (Å²) in [6, 6.07) is 7.97. The molecule has 3 unspecified atom stereocenters. The zero-order chi connectivity index (χ0) is 27.0. The SMILES string of the molecule is C[C@]12C=CC(=O)C=C1CC(Br)[C@H]1[C@@H]3CC(O)[C@](OC(=O)c4ccccc4)(C(=O)CO)[C@@]3(C)CC(O)[C@@]12F. The van der Waals surface area contributed by atoms with Gasteiger partial charge in [-0.15, -0.1) is 0 Å². The van der Waals surface area contributed by atoms with E-state index in [1.54, 1.807) is 32.0 Å². The number of halogens is 2. The highest BCUT2D eigenvalue weighted by Crippen LogP contribution is 2.71. The van der Waals surface area contributed by atoms with E-state index in [0.717, 1.165) is 0 Å². The third kappa shape index (κ3) is 3.30. The lowest BCUT2D eigenvalue weighted by atomic mass is 9.44. The van der Waals surface area contributed by atoms with Gasteiger partial charge >= 0.3 is 5.97 Å². The van der Waals surface area contributed by atoms with Crippen LogP contribution < -0.4 is 0 Å². The quantitative estimate of drug-likeness (QED) is 0.372. The van der Waals surface area contributed by atoms with Crippen molar-refractivity contribution >= 4 is 33.5 Å². The predicted octanol–water partition coefficient (Wildman–Crippen LogP) is 2.86. The van der Waals surface area contributed by atoms with Crippen molar-refractivity contribution in [3.05, 3.63) is 59.7 Å². The second-order valence-electron chi connectivity index (χ2n) is 11.2. The molecule has 1 aromatic carbocycles. The van der Waals surface area contributed by atoms with Crippen LogP contribution in [0.5, 0.6) is 0 Å². The number of hydrogen-bond donors (Lipinski definition) is 3. The minimum Gasteiger partial charge on any atom is -0.444 e. The fraction of sp³-hybridized carbons (Fsp3) is 0.536. The average Bonchev–Trinajstić information content (AvgIpc) is 3.07. The Kier molecular flexibility index (Phi) is 6.18. The standard InChI is InChI=1S/C28H30BrFO7/c1-25-9-8-17(32)10-16(25)11-19(29)23-18-12-20(33)28(22(35)14-31,26(18,2)13-21(34)27(23,25)30)37-24(36)15-6-4-3-5-7-15/h3-10,18-21,23,31,33-34H,11-14H2,1-2H3/t18-,19?,20?,21?,23+,25-,26-,27+,28-/m0/s1. The maximum atomic E-state index is 17.5. The lowest BCUT2D eigenvalue weighted by Gasteiger charge is -2.63. The van der Waals surface area contributed by atoms with Crippen LogP contribution in [0.15, 0.2) is 54.1 Å². The second kappa shape index (κ2) is 8.66. The van der Waals surface area contributed by atoms with Gasteiger partial charge < -0.3 is 20.1 Å². The van der Waals surface area contributed by atoms with Gasteiger partial charge in [0.1, 0.15) is 12.7 Å². The molecule has 3 fully saturated rings. The van der Waals surface area contributed by atoms with Crippen molar-refractivity contribution in [1.29, 1.82) is 0 Å². The third-order valence-electron chi connectivity index (χ3n) is 9.62. The van der Waals surface area contributed by atoms with E-state index in [9.17, 15) is 29.7 Å². The van der Waals surface area contributed by atoms with E-state index in [-0.39, 0.29) is 24.2 Å². The number of carbonyl (C=O) groups is 3. The Morgan fingerprint density at radius 3 is 2.49 bits per heavy atom. The molecule has 0 saturated heterocycles. The number of carbonyl (C=O) groups excluding carboxylic acids is 3. The lowest BCUT2D eigenvalue weighted by Crippen LogP contribution is -2.72. The van der Waals surface area contributed by atoms with E-state index in [4.69, 9.17) is 4.74 Å². The van der Waals surface area contributed by atoms with Gasteiger partial charge in [0, 0.05) is 21.6 Å². The van der Waals surface area contributed by atoms with Crippen LogP contribution in [0.1, 0.15) is 43.5 Å². The average molecular weight is 577 g/mol. The normalized spacial score (nSPS) is 44.4. The van der Waals surface area contributed by atoms with Crippen molar-refractivity contribution in [3.8, 4) is 0 Å². The van der Waals surface area contributed by atoms with Crippen molar-refractivity contribution < 1.29 is 38.8 Å². The summed E-state index contributed by atoms with van der Waals surface area (Å²) in [5.74, 6) is -3.62. The molecule has 0 radical (unpaired) electrons.